The van der Waals surface area contributed by atoms with Crippen LogP contribution in [0.4, 0.5) is 0 Å². The van der Waals surface area contributed by atoms with Gasteiger partial charge in [-0.25, -0.2) is 0 Å². The van der Waals surface area contributed by atoms with Crippen LogP contribution in [0.2, 0.25) is 0 Å². The van der Waals surface area contributed by atoms with E-state index in [1.165, 1.54) is 11.8 Å². The van der Waals surface area contributed by atoms with Gasteiger partial charge >= 0.3 is 0 Å². The first-order valence-electron chi connectivity index (χ1n) is 5.42. The highest BCUT2D eigenvalue weighted by Gasteiger charge is 2.40. The highest BCUT2D eigenvalue weighted by molar-refractivity contribution is 4.91. The second-order valence-electron chi connectivity index (χ2n) is 5.11. The second kappa shape index (κ2) is 2.24. The smallest absolute Gasteiger partial charge is 0.0381 e. The van der Waals surface area contributed by atoms with Crippen molar-refractivity contribution in [2.45, 2.75) is 44.9 Å². The van der Waals surface area contributed by atoms with Crippen LogP contribution in [-0.4, -0.2) is 0 Å². The topological polar surface area (TPSA) is 0 Å². The average molecular weight is 150 g/mol. The van der Waals surface area contributed by atoms with Gasteiger partial charge in [0.25, 0.3) is 0 Å². The fraction of sp³-hybridized carbons (Fsp3) is 1.00. The van der Waals surface area contributed by atoms with E-state index in [4.69, 9.17) is 0 Å². The van der Waals surface area contributed by atoms with Crippen LogP contribution in [0.1, 0.15) is 44.9 Å². The van der Waals surface area contributed by atoms with E-state index in [0.29, 0.717) is 0 Å². The zero-order valence-electron chi connectivity index (χ0n) is 7.26. The molecule has 2 atom stereocenters. The molecule has 62 valence electrons. The van der Waals surface area contributed by atoms with Gasteiger partial charge in [-0.1, -0.05) is 12.8 Å². The molecule has 2 unspecified atom stereocenters. The van der Waals surface area contributed by atoms with Crippen LogP contribution >= 0.6 is 0 Å². The molecule has 3 rings (SSSR count). The van der Waals surface area contributed by atoms with Gasteiger partial charge in [-0.15, -0.1) is 0 Å². The van der Waals surface area contributed by atoms with Crippen LogP contribution < -0.4 is 0 Å². The maximum absolute atomic E-state index is 1.61. The largest absolute Gasteiger partial charge is 0.0502 e. The summed E-state index contributed by atoms with van der Waals surface area (Å²) < 4.78 is 0. The summed E-state index contributed by atoms with van der Waals surface area (Å²) in [6.07, 6.45) is 11.2. The molecule has 0 aromatic heterocycles. The Labute approximate surface area is 69.4 Å². The summed E-state index contributed by atoms with van der Waals surface area (Å²) in [5.41, 5.74) is 0. The standard InChI is InChI=1S/C11H18/c1-3-10-4-2-9-5-8(1)6-11(10)7-9/h8-11H,1-7H2. The molecule has 0 heteroatoms. The molecule has 0 heterocycles. The van der Waals surface area contributed by atoms with E-state index in [-0.39, 0.29) is 0 Å². The molecule has 0 radical (unpaired) electrons. The molecule has 3 aliphatic carbocycles. The van der Waals surface area contributed by atoms with Gasteiger partial charge in [-0.3, -0.25) is 0 Å². The maximum atomic E-state index is 1.61. The van der Waals surface area contributed by atoms with Gasteiger partial charge in [0, 0.05) is 0 Å². The Balaban J connectivity index is 1.87. The van der Waals surface area contributed by atoms with Crippen molar-refractivity contribution in [3.8, 4) is 0 Å². The maximum Gasteiger partial charge on any atom is -0.0381 e. The van der Waals surface area contributed by atoms with Gasteiger partial charge in [0.15, 0.2) is 0 Å². The Hall–Kier alpha value is 0. The lowest BCUT2D eigenvalue weighted by Crippen LogP contribution is -2.37. The fourth-order valence-corrected chi connectivity index (χ4v) is 3.99. The van der Waals surface area contributed by atoms with Gasteiger partial charge < -0.3 is 0 Å². The third-order valence-corrected chi connectivity index (χ3v) is 4.50. The Kier molecular flexibility index (Phi) is 1.33. The van der Waals surface area contributed by atoms with Gasteiger partial charge in [-0.2, -0.15) is 0 Å². The first-order chi connectivity index (χ1) is 5.42. The predicted molar refractivity (Wildman–Crippen MR) is 46.3 cm³/mol. The Bertz CT molecular complexity index is 141. The van der Waals surface area contributed by atoms with Crippen molar-refractivity contribution in [3.63, 3.8) is 0 Å². The van der Waals surface area contributed by atoms with Gasteiger partial charge in [0.1, 0.15) is 0 Å². The zero-order chi connectivity index (χ0) is 7.26. The van der Waals surface area contributed by atoms with E-state index < -0.39 is 0 Å². The lowest BCUT2D eigenvalue weighted by molar-refractivity contribution is 0.0321. The van der Waals surface area contributed by atoms with Crippen LogP contribution in [0.3, 0.4) is 0 Å². The Morgan fingerprint density at radius 2 is 1.18 bits per heavy atom. The molecule has 0 saturated heterocycles. The minimum Gasteiger partial charge on any atom is -0.0502 e. The van der Waals surface area contributed by atoms with Crippen molar-refractivity contribution >= 4 is 0 Å². The van der Waals surface area contributed by atoms with Gasteiger partial charge in [0.05, 0.1) is 0 Å². The fourth-order valence-electron chi connectivity index (χ4n) is 3.99. The van der Waals surface area contributed by atoms with Gasteiger partial charge in [0.2, 0.25) is 0 Å². The first-order valence-corrected chi connectivity index (χ1v) is 5.42. The summed E-state index contributed by atoms with van der Waals surface area (Å²) in [4.78, 5) is 0. The molecule has 0 aromatic rings. The number of fused-ring (bicyclic) bond motifs is 2. The molecule has 0 aromatic carbocycles. The molecule has 0 nitrogen and oxygen atoms in total. The van der Waals surface area contributed by atoms with E-state index >= 15 is 0 Å². The van der Waals surface area contributed by atoms with Crippen LogP contribution in [0.25, 0.3) is 0 Å². The molecule has 0 amide bonds. The number of hydrogen-bond donors (Lipinski definition) is 0. The van der Waals surface area contributed by atoms with Crippen molar-refractivity contribution in [1.82, 2.24) is 0 Å². The molecule has 0 spiro atoms. The van der Waals surface area contributed by atoms with Crippen LogP contribution in [0.15, 0.2) is 0 Å². The highest BCUT2D eigenvalue weighted by Crippen LogP contribution is 2.52. The minimum atomic E-state index is 1.16. The average Bonchev–Trinajstić information content (AvgIpc) is 2.01. The third kappa shape index (κ3) is 0.947. The number of rotatable bonds is 0. The number of hydrogen-bond acceptors (Lipinski definition) is 0. The monoisotopic (exact) mass is 150 g/mol. The Morgan fingerprint density at radius 3 is 1.82 bits per heavy atom. The molecule has 3 bridgehead atoms. The summed E-state index contributed by atoms with van der Waals surface area (Å²) >= 11 is 0. The summed E-state index contributed by atoms with van der Waals surface area (Å²) in [5, 5.41) is 0. The van der Waals surface area contributed by atoms with Gasteiger partial charge in [-0.05, 0) is 55.8 Å². The molecule has 0 N–H and O–H groups in total. The lowest BCUT2D eigenvalue weighted by atomic mass is 9.58. The molecule has 11 heavy (non-hydrogen) atoms. The molecule has 3 aliphatic rings. The SMILES string of the molecule is C1CC2CCC3CC1CC2C3. The molecule has 3 saturated carbocycles. The zero-order valence-corrected chi connectivity index (χ0v) is 7.26. The normalized spacial score (nSPS) is 54.5. The summed E-state index contributed by atoms with van der Waals surface area (Å²) in [6.45, 7) is 0. The molecule has 3 fully saturated rings. The van der Waals surface area contributed by atoms with E-state index in [9.17, 15) is 0 Å². The van der Waals surface area contributed by atoms with Crippen LogP contribution in [-0.2, 0) is 0 Å². The van der Waals surface area contributed by atoms with Crippen molar-refractivity contribution < 1.29 is 0 Å². The van der Waals surface area contributed by atoms with Crippen LogP contribution in [0, 0.1) is 23.7 Å². The minimum absolute atomic E-state index is 1.16. The van der Waals surface area contributed by atoms with E-state index in [0.717, 1.165) is 11.8 Å². The summed E-state index contributed by atoms with van der Waals surface area (Å²) in [6, 6.07) is 0. The van der Waals surface area contributed by atoms with E-state index in [1.54, 1.807) is 44.9 Å². The van der Waals surface area contributed by atoms with Crippen molar-refractivity contribution in [1.29, 1.82) is 0 Å². The Morgan fingerprint density at radius 1 is 0.545 bits per heavy atom. The van der Waals surface area contributed by atoms with Crippen LogP contribution in [0.5, 0.6) is 0 Å². The predicted octanol–water partition coefficient (Wildman–Crippen LogP) is 3.22. The quantitative estimate of drug-likeness (QED) is 0.497. The lowest BCUT2D eigenvalue weighted by Gasteiger charge is -2.48. The highest BCUT2D eigenvalue weighted by atomic mass is 14.5. The molecule has 0 aliphatic heterocycles. The third-order valence-electron chi connectivity index (χ3n) is 4.50. The van der Waals surface area contributed by atoms with Crippen molar-refractivity contribution in [2.24, 2.45) is 23.7 Å². The van der Waals surface area contributed by atoms with Crippen molar-refractivity contribution in [2.75, 3.05) is 0 Å². The van der Waals surface area contributed by atoms with E-state index in [2.05, 4.69) is 0 Å². The van der Waals surface area contributed by atoms with E-state index in [1.807, 2.05) is 0 Å². The molecular formula is C11H18. The summed E-state index contributed by atoms with van der Waals surface area (Å²) in [5.74, 6) is 4.68. The van der Waals surface area contributed by atoms with Crippen molar-refractivity contribution in [3.05, 3.63) is 0 Å². The molecular weight excluding hydrogens is 132 g/mol. The second-order valence-corrected chi connectivity index (χ2v) is 5.11. The summed E-state index contributed by atoms with van der Waals surface area (Å²) in [7, 11) is 0. The first kappa shape index (κ1) is 6.51.